The maximum atomic E-state index is 13.2. The van der Waals surface area contributed by atoms with E-state index in [1.165, 1.54) is 12.1 Å². The second kappa shape index (κ2) is 9.16. The lowest BCUT2D eigenvalue weighted by molar-refractivity contribution is -0.131. The molecule has 1 N–H and O–H groups in total. The average Bonchev–Trinajstić information content (AvgIpc) is 2.93. The van der Waals surface area contributed by atoms with E-state index < -0.39 is 0 Å². The van der Waals surface area contributed by atoms with Crippen LogP contribution < -0.4 is 5.32 Å². The number of urea groups is 1. The molecule has 5 nitrogen and oxygen atoms in total. The molecular weight excluding hydrogens is 345 g/mol. The number of amides is 3. The smallest absolute Gasteiger partial charge is 0.321 e. The van der Waals surface area contributed by atoms with Gasteiger partial charge in [0.2, 0.25) is 5.91 Å². The Hall–Kier alpha value is -2.89. The van der Waals surface area contributed by atoms with E-state index in [1.807, 2.05) is 36.4 Å². The number of anilines is 1. The number of carbonyl (C=O) groups excluding carboxylic acids is 2. The number of aryl methyl sites for hydroxylation is 1. The van der Waals surface area contributed by atoms with Crippen LogP contribution in [0.5, 0.6) is 0 Å². The number of hydrogen-bond donors (Lipinski definition) is 1. The van der Waals surface area contributed by atoms with Gasteiger partial charge in [-0.2, -0.15) is 0 Å². The molecule has 0 saturated carbocycles. The van der Waals surface area contributed by atoms with Crippen molar-refractivity contribution in [2.45, 2.75) is 19.3 Å². The summed E-state index contributed by atoms with van der Waals surface area (Å²) in [6.07, 6.45) is 1.61. The minimum atomic E-state index is -0.283. The Kier molecular flexibility index (Phi) is 6.41. The zero-order valence-electron chi connectivity index (χ0n) is 15.2. The van der Waals surface area contributed by atoms with Crippen LogP contribution in [-0.2, 0) is 11.2 Å². The van der Waals surface area contributed by atoms with E-state index >= 15 is 0 Å². The normalized spacial score (nSPS) is 14.6. The quantitative estimate of drug-likeness (QED) is 0.896. The van der Waals surface area contributed by atoms with Crippen LogP contribution in [-0.4, -0.2) is 47.9 Å². The molecule has 6 heteroatoms. The van der Waals surface area contributed by atoms with Crippen LogP contribution in [0.3, 0.4) is 0 Å². The van der Waals surface area contributed by atoms with Gasteiger partial charge in [0.05, 0.1) is 0 Å². The zero-order chi connectivity index (χ0) is 19.1. The van der Waals surface area contributed by atoms with Gasteiger partial charge in [-0.25, -0.2) is 9.18 Å². The molecule has 2 aromatic rings. The fraction of sp³-hybridized carbons (Fsp3) is 0.333. The summed E-state index contributed by atoms with van der Waals surface area (Å²) in [5.41, 5.74) is 1.58. The molecule has 3 rings (SSSR count). The fourth-order valence-corrected chi connectivity index (χ4v) is 3.20. The maximum absolute atomic E-state index is 13.2. The van der Waals surface area contributed by atoms with Gasteiger partial charge in [-0.15, -0.1) is 0 Å². The molecule has 2 aromatic carbocycles. The second-order valence-corrected chi connectivity index (χ2v) is 6.65. The number of hydrogen-bond acceptors (Lipinski definition) is 2. The Morgan fingerprint density at radius 3 is 2.44 bits per heavy atom. The maximum Gasteiger partial charge on any atom is 0.321 e. The van der Waals surface area contributed by atoms with Crippen LogP contribution in [0.25, 0.3) is 0 Å². The van der Waals surface area contributed by atoms with Gasteiger partial charge in [0, 0.05) is 38.3 Å². The first-order chi connectivity index (χ1) is 13.1. The summed E-state index contributed by atoms with van der Waals surface area (Å²) in [7, 11) is 0. The number of nitrogens with one attached hydrogen (secondary N) is 1. The molecule has 1 heterocycles. The number of halogens is 1. The molecule has 3 amide bonds. The van der Waals surface area contributed by atoms with Crippen LogP contribution >= 0.6 is 0 Å². The van der Waals surface area contributed by atoms with Crippen LogP contribution in [0.15, 0.2) is 54.6 Å². The van der Waals surface area contributed by atoms with Crippen molar-refractivity contribution in [3.05, 3.63) is 66.0 Å². The van der Waals surface area contributed by atoms with Crippen LogP contribution in [0.4, 0.5) is 14.9 Å². The first-order valence-corrected chi connectivity index (χ1v) is 9.25. The second-order valence-electron chi connectivity index (χ2n) is 6.65. The predicted octanol–water partition coefficient (Wildman–Crippen LogP) is 3.52. The van der Waals surface area contributed by atoms with E-state index in [2.05, 4.69) is 5.32 Å². The molecule has 27 heavy (non-hydrogen) atoms. The number of para-hydroxylation sites is 1. The lowest BCUT2D eigenvalue weighted by Crippen LogP contribution is -2.39. The van der Waals surface area contributed by atoms with Crippen molar-refractivity contribution in [1.82, 2.24) is 9.80 Å². The summed E-state index contributed by atoms with van der Waals surface area (Å²) in [6, 6.07) is 15.5. The number of benzene rings is 2. The third-order valence-electron chi connectivity index (χ3n) is 4.68. The molecule has 1 aliphatic heterocycles. The molecule has 0 radical (unpaired) electrons. The Morgan fingerprint density at radius 2 is 1.67 bits per heavy atom. The first kappa shape index (κ1) is 18.9. The minimum Gasteiger partial charge on any atom is -0.341 e. The third kappa shape index (κ3) is 5.54. The van der Waals surface area contributed by atoms with Crippen LogP contribution in [0.1, 0.15) is 18.4 Å². The van der Waals surface area contributed by atoms with Gasteiger partial charge in [-0.05, 0) is 42.7 Å². The van der Waals surface area contributed by atoms with E-state index in [9.17, 15) is 14.0 Å². The SMILES string of the molecule is O=C(CCc1cccc(F)c1)N1CCCN(C(=O)Nc2ccccc2)CC1. The molecule has 0 unspecified atom stereocenters. The van der Waals surface area contributed by atoms with Crippen molar-refractivity contribution < 1.29 is 14.0 Å². The number of rotatable bonds is 4. The van der Waals surface area contributed by atoms with Gasteiger partial charge in [0.15, 0.2) is 0 Å². The Labute approximate surface area is 158 Å². The van der Waals surface area contributed by atoms with Gasteiger partial charge in [-0.1, -0.05) is 30.3 Å². The van der Waals surface area contributed by atoms with E-state index in [1.54, 1.807) is 15.9 Å². The van der Waals surface area contributed by atoms with E-state index in [-0.39, 0.29) is 17.8 Å². The van der Waals surface area contributed by atoms with E-state index in [0.29, 0.717) is 39.0 Å². The summed E-state index contributed by atoms with van der Waals surface area (Å²) < 4.78 is 13.2. The van der Waals surface area contributed by atoms with Crippen LogP contribution in [0, 0.1) is 5.82 Å². The highest BCUT2D eigenvalue weighted by Gasteiger charge is 2.22. The monoisotopic (exact) mass is 369 g/mol. The van der Waals surface area contributed by atoms with Crippen molar-refractivity contribution in [3.63, 3.8) is 0 Å². The fourth-order valence-electron chi connectivity index (χ4n) is 3.20. The van der Waals surface area contributed by atoms with Crippen molar-refractivity contribution in [2.75, 3.05) is 31.5 Å². The lowest BCUT2D eigenvalue weighted by atomic mass is 10.1. The van der Waals surface area contributed by atoms with Crippen LogP contribution in [0.2, 0.25) is 0 Å². The van der Waals surface area contributed by atoms with Crippen molar-refractivity contribution in [1.29, 1.82) is 0 Å². The molecule has 1 fully saturated rings. The number of carbonyl (C=O) groups is 2. The molecule has 0 spiro atoms. The highest BCUT2D eigenvalue weighted by atomic mass is 19.1. The molecule has 0 aliphatic carbocycles. The van der Waals surface area contributed by atoms with Gasteiger partial charge in [0.1, 0.15) is 5.82 Å². The van der Waals surface area contributed by atoms with Crippen molar-refractivity contribution in [3.8, 4) is 0 Å². The predicted molar refractivity (Wildman–Crippen MR) is 103 cm³/mol. The Bertz CT molecular complexity index is 782. The highest BCUT2D eigenvalue weighted by molar-refractivity contribution is 5.89. The molecular formula is C21H24FN3O2. The van der Waals surface area contributed by atoms with Gasteiger partial charge >= 0.3 is 6.03 Å². The van der Waals surface area contributed by atoms with E-state index in [4.69, 9.17) is 0 Å². The molecule has 0 bridgehead atoms. The summed E-state index contributed by atoms with van der Waals surface area (Å²) >= 11 is 0. The topological polar surface area (TPSA) is 52.7 Å². The van der Waals surface area contributed by atoms with Crippen molar-refractivity contribution >= 4 is 17.6 Å². The van der Waals surface area contributed by atoms with Gasteiger partial charge in [-0.3, -0.25) is 4.79 Å². The summed E-state index contributed by atoms with van der Waals surface area (Å²) in [6.45, 7) is 2.28. The summed E-state index contributed by atoms with van der Waals surface area (Å²) in [5, 5.41) is 2.88. The highest BCUT2D eigenvalue weighted by Crippen LogP contribution is 2.12. The molecule has 1 saturated heterocycles. The van der Waals surface area contributed by atoms with Gasteiger partial charge in [0.25, 0.3) is 0 Å². The van der Waals surface area contributed by atoms with Crippen molar-refractivity contribution in [2.24, 2.45) is 0 Å². The molecule has 142 valence electrons. The third-order valence-corrected chi connectivity index (χ3v) is 4.68. The van der Waals surface area contributed by atoms with E-state index in [0.717, 1.165) is 17.7 Å². The average molecular weight is 369 g/mol. The Balaban J connectivity index is 1.48. The lowest BCUT2D eigenvalue weighted by Gasteiger charge is -2.22. The van der Waals surface area contributed by atoms with Gasteiger partial charge < -0.3 is 15.1 Å². The number of nitrogens with zero attached hydrogens (tertiary/aromatic N) is 2. The standard InChI is InChI=1S/C21H24FN3O2/c22-18-7-4-6-17(16-18)10-11-20(26)24-12-5-13-25(15-14-24)21(27)23-19-8-2-1-3-9-19/h1-4,6-9,16H,5,10-15H2,(H,23,27). The Morgan fingerprint density at radius 1 is 0.926 bits per heavy atom. The molecule has 0 atom stereocenters. The molecule has 0 aromatic heterocycles. The minimum absolute atomic E-state index is 0.0459. The zero-order valence-corrected chi connectivity index (χ0v) is 15.2. The summed E-state index contributed by atoms with van der Waals surface area (Å²) in [4.78, 5) is 28.4. The first-order valence-electron chi connectivity index (χ1n) is 9.25. The largest absolute Gasteiger partial charge is 0.341 e. The summed E-state index contributed by atoms with van der Waals surface area (Å²) in [5.74, 6) is -0.237. The molecule has 1 aliphatic rings.